The monoisotopic (exact) mass is 316 g/mol. The Morgan fingerprint density at radius 2 is 1.90 bits per heavy atom. The van der Waals surface area contributed by atoms with E-state index >= 15 is 0 Å². The van der Waals surface area contributed by atoms with E-state index in [0.29, 0.717) is 0 Å². The Bertz CT molecular complexity index is 764. The number of benzene rings is 2. The highest BCUT2D eigenvalue weighted by molar-refractivity contribution is 7.19. The molecule has 0 amide bonds. The maximum atomic E-state index is 6.47. The second-order valence-electron chi connectivity index (χ2n) is 5.13. The Morgan fingerprint density at radius 3 is 2.67 bits per heavy atom. The van der Waals surface area contributed by atoms with Crippen LogP contribution in [0.2, 0.25) is 5.02 Å². The predicted octanol–water partition coefficient (Wildman–Crippen LogP) is 5.23. The third kappa shape index (κ3) is 2.99. The van der Waals surface area contributed by atoms with Crippen molar-refractivity contribution in [2.75, 3.05) is 24.3 Å². The number of halogens is 1. The van der Waals surface area contributed by atoms with Gasteiger partial charge in [-0.1, -0.05) is 35.9 Å². The molecule has 21 heavy (non-hydrogen) atoms. The summed E-state index contributed by atoms with van der Waals surface area (Å²) in [6.07, 6.45) is 0. The molecule has 0 aliphatic carbocycles. The van der Waals surface area contributed by atoms with Crippen LogP contribution in [-0.4, -0.2) is 14.1 Å². The zero-order valence-corrected chi connectivity index (χ0v) is 13.6. The molecular weight excluding hydrogens is 300 g/mol. The molecule has 2 nitrogen and oxygen atoms in total. The maximum Gasteiger partial charge on any atom is 0.0642 e. The molecule has 0 bridgehead atoms. The van der Waals surface area contributed by atoms with Crippen molar-refractivity contribution in [3.63, 3.8) is 0 Å². The molecule has 4 heteroatoms. The number of rotatable bonds is 4. The topological polar surface area (TPSA) is 15.3 Å². The van der Waals surface area contributed by atoms with Crippen molar-refractivity contribution in [1.29, 1.82) is 0 Å². The van der Waals surface area contributed by atoms with Crippen molar-refractivity contribution in [3.05, 3.63) is 58.4 Å². The van der Waals surface area contributed by atoms with Crippen LogP contribution in [0.25, 0.3) is 10.1 Å². The first-order chi connectivity index (χ1) is 10.1. The number of hydrogen-bond donors (Lipinski definition) is 1. The van der Waals surface area contributed by atoms with E-state index in [1.165, 1.54) is 15.3 Å². The van der Waals surface area contributed by atoms with Crippen LogP contribution in [0.15, 0.2) is 48.5 Å². The van der Waals surface area contributed by atoms with Crippen LogP contribution >= 0.6 is 22.9 Å². The molecule has 0 saturated heterocycles. The molecule has 0 unspecified atom stereocenters. The summed E-state index contributed by atoms with van der Waals surface area (Å²) in [5, 5.41) is 5.47. The lowest BCUT2D eigenvalue weighted by Crippen LogP contribution is -2.08. The first-order valence-corrected chi connectivity index (χ1v) is 8.02. The molecule has 1 aromatic heterocycles. The van der Waals surface area contributed by atoms with Crippen LogP contribution in [0.5, 0.6) is 0 Å². The highest BCUT2D eigenvalue weighted by Crippen LogP contribution is 2.35. The second kappa shape index (κ2) is 5.96. The van der Waals surface area contributed by atoms with Gasteiger partial charge in [0.05, 0.1) is 11.6 Å². The van der Waals surface area contributed by atoms with Crippen LogP contribution in [0.1, 0.15) is 4.88 Å². The van der Waals surface area contributed by atoms with Crippen molar-refractivity contribution < 1.29 is 0 Å². The summed E-state index contributed by atoms with van der Waals surface area (Å²) in [6.45, 7) is 0.745. The van der Waals surface area contributed by atoms with Crippen molar-refractivity contribution in [3.8, 4) is 0 Å². The summed E-state index contributed by atoms with van der Waals surface area (Å²) in [5.74, 6) is 0. The minimum atomic E-state index is 0.745. The molecule has 0 radical (unpaired) electrons. The van der Waals surface area contributed by atoms with E-state index in [0.717, 1.165) is 22.6 Å². The normalized spacial score (nSPS) is 10.8. The average molecular weight is 317 g/mol. The lowest BCUT2D eigenvalue weighted by Gasteiger charge is -2.14. The SMILES string of the molecule is CN(C)c1cccc(NCc2sc3ccccc3c2Cl)c1. The zero-order chi connectivity index (χ0) is 14.8. The molecule has 0 aliphatic heterocycles. The van der Waals surface area contributed by atoms with Crippen LogP contribution < -0.4 is 10.2 Å². The van der Waals surface area contributed by atoms with Crippen LogP contribution in [0, 0.1) is 0 Å². The highest BCUT2D eigenvalue weighted by atomic mass is 35.5. The van der Waals surface area contributed by atoms with Gasteiger partial charge < -0.3 is 10.2 Å². The van der Waals surface area contributed by atoms with Gasteiger partial charge in [0.25, 0.3) is 0 Å². The van der Waals surface area contributed by atoms with Gasteiger partial charge in [-0.05, 0) is 24.3 Å². The van der Waals surface area contributed by atoms with Crippen LogP contribution in [0.3, 0.4) is 0 Å². The molecule has 2 aromatic carbocycles. The summed E-state index contributed by atoms with van der Waals surface area (Å²) in [7, 11) is 4.09. The number of nitrogens with zero attached hydrogens (tertiary/aromatic N) is 1. The van der Waals surface area contributed by atoms with Crippen molar-refractivity contribution in [1.82, 2.24) is 0 Å². The maximum absolute atomic E-state index is 6.47. The van der Waals surface area contributed by atoms with E-state index in [2.05, 4.69) is 46.6 Å². The minimum Gasteiger partial charge on any atom is -0.380 e. The Labute approximate surface area is 134 Å². The zero-order valence-electron chi connectivity index (χ0n) is 12.1. The summed E-state index contributed by atoms with van der Waals surface area (Å²) >= 11 is 8.22. The number of hydrogen-bond acceptors (Lipinski definition) is 3. The fourth-order valence-electron chi connectivity index (χ4n) is 2.25. The summed E-state index contributed by atoms with van der Waals surface area (Å²) < 4.78 is 1.24. The van der Waals surface area contributed by atoms with Gasteiger partial charge in [-0.15, -0.1) is 11.3 Å². The standard InChI is InChI=1S/C17H17ClN2S/c1-20(2)13-7-5-6-12(10-13)19-11-16-17(18)14-8-3-4-9-15(14)21-16/h3-10,19H,11H2,1-2H3. The lowest BCUT2D eigenvalue weighted by atomic mass is 10.2. The molecule has 0 atom stereocenters. The average Bonchev–Trinajstić information content (AvgIpc) is 2.82. The Kier molecular flexibility index (Phi) is 4.04. The molecule has 0 fully saturated rings. The number of thiophene rings is 1. The molecule has 0 saturated carbocycles. The van der Waals surface area contributed by atoms with Gasteiger partial charge in [-0.2, -0.15) is 0 Å². The van der Waals surface area contributed by atoms with Gasteiger partial charge in [0.2, 0.25) is 0 Å². The van der Waals surface area contributed by atoms with Crippen molar-refractivity contribution in [2.45, 2.75) is 6.54 Å². The molecule has 3 rings (SSSR count). The summed E-state index contributed by atoms with van der Waals surface area (Å²) in [4.78, 5) is 3.27. The van der Waals surface area contributed by atoms with E-state index in [9.17, 15) is 0 Å². The lowest BCUT2D eigenvalue weighted by molar-refractivity contribution is 1.12. The minimum absolute atomic E-state index is 0.745. The Balaban J connectivity index is 1.80. The molecule has 108 valence electrons. The quantitative estimate of drug-likeness (QED) is 0.708. The van der Waals surface area contributed by atoms with E-state index in [1.807, 2.05) is 26.2 Å². The number of anilines is 2. The Morgan fingerprint density at radius 1 is 1.10 bits per heavy atom. The molecule has 3 aromatic rings. The van der Waals surface area contributed by atoms with E-state index in [1.54, 1.807) is 11.3 Å². The number of fused-ring (bicyclic) bond motifs is 1. The van der Waals surface area contributed by atoms with Gasteiger partial charge in [0.1, 0.15) is 0 Å². The van der Waals surface area contributed by atoms with Crippen LogP contribution in [0.4, 0.5) is 11.4 Å². The van der Waals surface area contributed by atoms with Gasteiger partial charge in [-0.25, -0.2) is 0 Å². The van der Waals surface area contributed by atoms with Gasteiger partial charge >= 0.3 is 0 Å². The fraction of sp³-hybridized carbons (Fsp3) is 0.176. The molecular formula is C17H17ClN2S. The smallest absolute Gasteiger partial charge is 0.0642 e. The first kappa shape index (κ1) is 14.2. The summed E-state index contributed by atoms with van der Waals surface area (Å²) in [5.41, 5.74) is 2.29. The van der Waals surface area contributed by atoms with Gasteiger partial charge in [-0.3, -0.25) is 0 Å². The van der Waals surface area contributed by atoms with Gasteiger partial charge in [0.15, 0.2) is 0 Å². The van der Waals surface area contributed by atoms with Crippen molar-refractivity contribution in [2.24, 2.45) is 0 Å². The van der Waals surface area contributed by atoms with Crippen molar-refractivity contribution >= 4 is 44.4 Å². The fourth-order valence-corrected chi connectivity index (χ4v) is 3.69. The second-order valence-corrected chi connectivity index (χ2v) is 6.65. The number of nitrogens with one attached hydrogen (secondary N) is 1. The Hall–Kier alpha value is -1.71. The highest BCUT2D eigenvalue weighted by Gasteiger charge is 2.09. The third-order valence-corrected chi connectivity index (χ3v) is 5.13. The predicted molar refractivity (Wildman–Crippen MR) is 94.9 cm³/mol. The van der Waals surface area contributed by atoms with E-state index in [-0.39, 0.29) is 0 Å². The largest absolute Gasteiger partial charge is 0.380 e. The van der Waals surface area contributed by atoms with Crippen LogP contribution in [-0.2, 0) is 6.54 Å². The molecule has 0 spiro atoms. The third-order valence-electron chi connectivity index (χ3n) is 3.42. The first-order valence-electron chi connectivity index (χ1n) is 6.82. The molecule has 1 N–H and O–H groups in total. The van der Waals surface area contributed by atoms with E-state index in [4.69, 9.17) is 11.6 Å². The van der Waals surface area contributed by atoms with E-state index < -0.39 is 0 Å². The molecule has 0 aliphatic rings. The van der Waals surface area contributed by atoms with Gasteiger partial charge in [0, 0.05) is 40.4 Å². The summed E-state index contributed by atoms with van der Waals surface area (Å²) in [6, 6.07) is 16.6. The molecule has 1 heterocycles.